The highest BCUT2D eigenvalue weighted by Crippen LogP contribution is 2.31. The van der Waals surface area contributed by atoms with E-state index in [9.17, 15) is 4.79 Å². The van der Waals surface area contributed by atoms with Gasteiger partial charge in [0, 0.05) is 23.0 Å². The molecule has 1 saturated carbocycles. The van der Waals surface area contributed by atoms with E-state index >= 15 is 0 Å². The van der Waals surface area contributed by atoms with Crippen molar-refractivity contribution in [2.45, 2.75) is 58.4 Å². The predicted molar refractivity (Wildman–Crippen MR) is 82.0 cm³/mol. The zero-order valence-corrected chi connectivity index (χ0v) is 12.7. The molecule has 0 saturated heterocycles. The van der Waals surface area contributed by atoms with Gasteiger partial charge in [-0.3, -0.25) is 4.79 Å². The first-order valence-electron chi connectivity index (χ1n) is 7.50. The number of hydrazone groups is 1. The van der Waals surface area contributed by atoms with Crippen LogP contribution < -0.4 is 5.43 Å². The van der Waals surface area contributed by atoms with Gasteiger partial charge in [0.05, 0.1) is 12.3 Å². The SMILES string of the molecule is Cc1cc(/C=N/NC(=O)CC#N)c(C)n1C1CCCCC1. The number of amides is 1. The third-order valence-corrected chi connectivity index (χ3v) is 4.10. The Balaban J connectivity index is 2.09. The number of carbonyl (C=O) groups is 1. The molecule has 21 heavy (non-hydrogen) atoms. The van der Waals surface area contributed by atoms with E-state index in [2.05, 4.69) is 35.0 Å². The Labute approximate surface area is 125 Å². The van der Waals surface area contributed by atoms with E-state index in [1.54, 1.807) is 12.3 Å². The Hall–Kier alpha value is -2.09. The van der Waals surface area contributed by atoms with E-state index in [1.165, 1.54) is 43.5 Å². The molecule has 1 heterocycles. The maximum atomic E-state index is 11.2. The highest BCUT2D eigenvalue weighted by atomic mass is 16.2. The van der Waals surface area contributed by atoms with Gasteiger partial charge < -0.3 is 4.57 Å². The highest BCUT2D eigenvalue weighted by Gasteiger charge is 2.19. The van der Waals surface area contributed by atoms with Gasteiger partial charge in [0.1, 0.15) is 6.42 Å². The van der Waals surface area contributed by atoms with Gasteiger partial charge in [0.15, 0.2) is 0 Å². The van der Waals surface area contributed by atoms with Crippen LogP contribution in [0.1, 0.15) is 61.5 Å². The summed E-state index contributed by atoms with van der Waals surface area (Å²) in [5.74, 6) is -0.380. The lowest BCUT2D eigenvalue weighted by molar-refractivity contribution is -0.120. The zero-order valence-electron chi connectivity index (χ0n) is 12.7. The lowest BCUT2D eigenvalue weighted by atomic mass is 9.95. The summed E-state index contributed by atoms with van der Waals surface area (Å²) in [7, 11) is 0. The van der Waals surface area contributed by atoms with Crippen LogP contribution in [0.25, 0.3) is 0 Å². The van der Waals surface area contributed by atoms with Crippen molar-refractivity contribution in [3.63, 3.8) is 0 Å². The van der Waals surface area contributed by atoms with Crippen LogP contribution in [0.15, 0.2) is 11.2 Å². The van der Waals surface area contributed by atoms with Gasteiger partial charge in [0.25, 0.3) is 5.91 Å². The van der Waals surface area contributed by atoms with E-state index in [-0.39, 0.29) is 12.3 Å². The normalized spacial score (nSPS) is 16.0. The minimum Gasteiger partial charge on any atom is -0.345 e. The number of hydrogen-bond donors (Lipinski definition) is 1. The summed E-state index contributed by atoms with van der Waals surface area (Å²) in [4.78, 5) is 11.2. The molecular formula is C16H22N4O. The van der Waals surface area contributed by atoms with Gasteiger partial charge in [-0.1, -0.05) is 19.3 Å². The van der Waals surface area contributed by atoms with E-state index in [1.807, 2.05) is 0 Å². The predicted octanol–water partition coefficient (Wildman–Crippen LogP) is 2.97. The van der Waals surface area contributed by atoms with E-state index in [4.69, 9.17) is 5.26 Å². The Kier molecular flexibility index (Phi) is 5.15. The number of nitrogens with one attached hydrogen (secondary N) is 1. The molecule has 0 radical (unpaired) electrons. The molecule has 112 valence electrons. The lowest BCUT2D eigenvalue weighted by Gasteiger charge is -2.26. The third kappa shape index (κ3) is 3.72. The van der Waals surface area contributed by atoms with Crippen LogP contribution in [0, 0.1) is 25.2 Å². The summed E-state index contributed by atoms with van der Waals surface area (Å²) in [6.45, 7) is 4.22. The maximum Gasteiger partial charge on any atom is 0.254 e. The van der Waals surface area contributed by atoms with Crippen LogP contribution in [0.2, 0.25) is 0 Å². The molecule has 0 bridgehead atoms. The van der Waals surface area contributed by atoms with Crippen molar-refractivity contribution < 1.29 is 4.79 Å². The van der Waals surface area contributed by atoms with Crippen LogP contribution in [-0.4, -0.2) is 16.7 Å². The fourth-order valence-electron chi connectivity index (χ4n) is 3.12. The molecule has 2 rings (SSSR count). The van der Waals surface area contributed by atoms with Gasteiger partial charge in [-0.05, 0) is 32.8 Å². The van der Waals surface area contributed by atoms with Gasteiger partial charge in [-0.15, -0.1) is 0 Å². The number of rotatable bonds is 4. The zero-order chi connectivity index (χ0) is 15.2. The molecule has 1 aromatic heterocycles. The van der Waals surface area contributed by atoms with Crippen molar-refractivity contribution in [2.24, 2.45) is 5.10 Å². The van der Waals surface area contributed by atoms with Crippen molar-refractivity contribution in [3.05, 3.63) is 23.0 Å². The summed E-state index contributed by atoms with van der Waals surface area (Å²) in [5, 5.41) is 12.3. The molecule has 1 aliphatic rings. The smallest absolute Gasteiger partial charge is 0.254 e. The first kappa shape index (κ1) is 15.3. The Morgan fingerprint density at radius 3 is 2.86 bits per heavy atom. The fourth-order valence-corrected chi connectivity index (χ4v) is 3.12. The summed E-state index contributed by atoms with van der Waals surface area (Å²) >= 11 is 0. The van der Waals surface area contributed by atoms with Crippen LogP contribution in [0.5, 0.6) is 0 Å². The molecular weight excluding hydrogens is 264 g/mol. The highest BCUT2D eigenvalue weighted by molar-refractivity contribution is 5.84. The molecule has 1 fully saturated rings. The average molecular weight is 286 g/mol. The largest absolute Gasteiger partial charge is 0.345 e. The number of aromatic nitrogens is 1. The summed E-state index contributed by atoms with van der Waals surface area (Å²) in [5.41, 5.74) is 5.82. The molecule has 0 spiro atoms. The molecule has 0 atom stereocenters. The minimum atomic E-state index is -0.380. The summed E-state index contributed by atoms with van der Waals surface area (Å²) in [6, 6.07) is 4.49. The molecule has 0 aromatic carbocycles. The van der Waals surface area contributed by atoms with Gasteiger partial charge in [0.2, 0.25) is 0 Å². The number of nitriles is 1. The monoisotopic (exact) mass is 286 g/mol. The molecule has 1 aromatic rings. The first-order chi connectivity index (χ1) is 10.1. The number of aryl methyl sites for hydroxylation is 1. The molecule has 1 aliphatic carbocycles. The molecule has 0 aliphatic heterocycles. The minimum absolute atomic E-state index is 0.168. The molecule has 5 nitrogen and oxygen atoms in total. The summed E-state index contributed by atoms with van der Waals surface area (Å²) in [6.07, 6.45) is 7.92. The molecule has 1 N–H and O–H groups in total. The Morgan fingerprint density at radius 1 is 1.48 bits per heavy atom. The quantitative estimate of drug-likeness (QED) is 0.683. The standard InChI is InChI=1S/C16H22N4O/c1-12-10-14(11-18-19-16(21)8-9-17)13(2)20(12)15-6-4-3-5-7-15/h10-11,15H,3-8H2,1-2H3,(H,19,21)/b18-11+. The number of carbonyl (C=O) groups excluding carboxylic acids is 1. The van der Waals surface area contributed by atoms with Crippen molar-refractivity contribution in [1.29, 1.82) is 5.26 Å². The summed E-state index contributed by atoms with van der Waals surface area (Å²) < 4.78 is 2.40. The second kappa shape index (κ2) is 7.07. The van der Waals surface area contributed by atoms with Crippen molar-refractivity contribution in [2.75, 3.05) is 0 Å². The fraction of sp³-hybridized carbons (Fsp3) is 0.562. The number of nitrogens with zero attached hydrogens (tertiary/aromatic N) is 3. The maximum absolute atomic E-state index is 11.2. The van der Waals surface area contributed by atoms with Crippen LogP contribution in [0.4, 0.5) is 0 Å². The molecule has 5 heteroatoms. The van der Waals surface area contributed by atoms with Crippen LogP contribution in [0.3, 0.4) is 0 Å². The Morgan fingerprint density at radius 2 is 2.19 bits per heavy atom. The van der Waals surface area contributed by atoms with Crippen molar-refractivity contribution >= 4 is 12.1 Å². The van der Waals surface area contributed by atoms with Crippen LogP contribution >= 0.6 is 0 Å². The molecule has 0 unspecified atom stereocenters. The first-order valence-corrected chi connectivity index (χ1v) is 7.50. The van der Waals surface area contributed by atoms with E-state index in [0.717, 1.165) is 5.56 Å². The van der Waals surface area contributed by atoms with Crippen molar-refractivity contribution in [1.82, 2.24) is 9.99 Å². The Bertz CT molecular complexity index is 574. The lowest BCUT2D eigenvalue weighted by Crippen LogP contribution is -2.16. The average Bonchev–Trinajstić information content (AvgIpc) is 2.75. The van der Waals surface area contributed by atoms with Gasteiger partial charge >= 0.3 is 0 Å². The van der Waals surface area contributed by atoms with Crippen molar-refractivity contribution in [3.8, 4) is 6.07 Å². The number of hydrogen-bond acceptors (Lipinski definition) is 3. The second-order valence-corrected chi connectivity index (χ2v) is 5.62. The van der Waals surface area contributed by atoms with Gasteiger partial charge in [-0.2, -0.15) is 10.4 Å². The third-order valence-electron chi connectivity index (χ3n) is 4.10. The topological polar surface area (TPSA) is 70.2 Å². The second-order valence-electron chi connectivity index (χ2n) is 5.62. The van der Waals surface area contributed by atoms with E-state index < -0.39 is 0 Å². The van der Waals surface area contributed by atoms with Crippen LogP contribution in [-0.2, 0) is 4.79 Å². The molecule has 1 amide bonds. The van der Waals surface area contributed by atoms with E-state index in [0.29, 0.717) is 6.04 Å². The van der Waals surface area contributed by atoms with Gasteiger partial charge in [-0.25, -0.2) is 5.43 Å².